The molecular formula is C16H10F7N5O. The number of alkyl halides is 5. The number of aliphatic hydroxyl groups is 1. The second kappa shape index (κ2) is 7.06. The first-order valence-electron chi connectivity index (χ1n) is 7.75. The first-order chi connectivity index (χ1) is 13.4. The Morgan fingerprint density at radius 1 is 1.00 bits per heavy atom. The molecule has 0 saturated carbocycles. The highest BCUT2D eigenvalue weighted by atomic mass is 19.4. The van der Waals surface area contributed by atoms with Crippen LogP contribution in [0.3, 0.4) is 0 Å². The van der Waals surface area contributed by atoms with Crippen LogP contribution in [0.15, 0.2) is 42.9 Å². The molecule has 0 radical (unpaired) electrons. The molecule has 3 aromatic rings. The van der Waals surface area contributed by atoms with Gasteiger partial charge in [-0.15, -0.1) is 5.10 Å². The lowest BCUT2D eigenvalue weighted by Gasteiger charge is -2.35. The minimum atomic E-state index is -4.83. The molecule has 0 amide bonds. The van der Waals surface area contributed by atoms with E-state index in [4.69, 9.17) is 0 Å². The minimum Gasteiger partial charge on any atom is -0.377 e. The van der Waals surface area contributed by atoms with Gasteiger partial charge in [0.2, 0.25) is 0 Å². The number of hydrogen-bond acceptors (Lipinski definition) is 5. The summed E-state index contributed by atoms with van der Waals surface area (Å²) in [5.41, 5.74) is -7.02. The van der Waals surface area contributed by atoms with Gasteiger partial charge in [-0.1, -0.05) is 0 Å². The van der Waals surface area contributed by atoms with Gasteiger partial charge >= 0.3 is 12.1 Å². The van der Waals surface area contributed by atoms with Crippen molar-refractivity contribution >= 4 is 0 Å². The van der Waals surface area contributed by atoms with Gasteiger partial charge in [0, 0.05) is 17.8 Å². The first kappa shape index (κ1) is 20.6. The molecule has 0 aliphatic carbocycles. The normalized spacial score (nSPS) is 14.6. The van der Waals surface area contributed by atoms with Crippen LogP contribution in [-0.4, -0.2) is 30.3 Å². The largest absolute Gasteiger partial charge is 0.417 e. The van der Waals surface area contributed by atoms with Crippen LogP contribution in [0, 0.1) is 11.6 Å². The molecule has 13 heteroatoms. The maximum Gasteiger partial charge on any atom is 0.417 e. The van der Waals surface area contributed by atoms with Crippen LogP contribution in [0.25, 0.3) is 0 Å². The number of benzene rings is 1. The Hall–Kier alpha value is -3.09. The van der Waals surface area contributed by atoms with Crippen LogP contribution >= 0.6 is 0 Å². The van der Waals surface area contributed by atoms with Gasteiger partial charge in [-0.05, 0) is 34.7 Å². The van der Waals surface area contributed by atoms with Crippen LogP contribution in [-0.2, 0) is 24.2 Å². The van der Waals surface area contributed by atoms with Crippen molar-refractivity contribution in [3.8, 4) is 0 Å². The number of tetrazole rings is 1. The highest BCUT2D eigenvalue weighted by Gasteiger charge is 2.58. The molecule has 0 aliphatic rings. The molecule has 0 spiro atoms. The monoisotopic (exact) mass is 421 g/mol. The average molecular weight is 421 g/mol. The Labute approximate surface area is 157 Å². The maximum atomic E-state index is 15.3. The van der Waals surface area contributed by atoms with E-state index in [0.717, 1.165) is 6.33 Å². The van der Waals surface area contributed by atoms with Crippen molar-refractivity contribution in [1.29, 1.82) is 0 Å². The molecule has 1 N–H and O–H groups in total. The van der Waals surface area contributed by atoms with Crippen LogP contribution in [0.5, 0.6) is 0 Å². The zero-order valence-corrected chi connectivity index (χ0v) is 14.1. The Balaban J connectivity index is 2.13. The number of hydrogen-bond donors (Lipinski definition) is 1. The van der Waals surface area contributed by atoms with Gasteiger partial charge in [0.05, 0.1) is 12.1 Å². The van der Waals surface area contributed by atoms with E-state index in [9.17, 15) is 27.1 Å². The van der Waals surface area contributed by atoms with Crippen molar-refractivity contribution in [1.82, 2.24) is 25.2 Å². The summed E-state index contributed by atoms with van der Waals surface area (Å²) in [7, 11) is 0. The second-order valence-corrected chi connectivity index (χ2v) is 6.00. The van der Waals surface area contributed by atoms with E-state index in [1.165, 1.54) is 0 Å². The predicted octanol–water partition coefficient (Wildman–Crippen LogP) is 3.04. The van der Waals surface area contributed by atoms with E-state index in [-0.39, 0.29) is 12.3 Å². The molecule has 29 heavy (non-hydrogen) atoms. The molecule has 154 valence electrons. The molecule has 1 unspecified atom stereocenters. The van der Waals surface area contributed by atoms with Gasteiger partial charge in [-0.3, -0.25) is 4.98 Å². The predicted molar refractivity (Wildman–Crippen MR) is 81.2 cm³/mol. The van der Waals surface area contributed by atoms with E-state index < -0.39 is 52.7 Å². The maximum absolute atomic E-state index is 15.3. The van der Waals surface area contributed by atoms with E-state index in [1.54, 1.807) is 0 Å². The molecule has 2 heterocycles. The molecule has 2 aromatic heterocycles. The molecule has 0 saturated heterocycles. The number of halogens is 7. The molecule has 3 rings (SSSR count). The Morgan fingerprint density at radius 3 is 2.24 bits per heavy atom. The number of nitrogens with zero attached hydrogens (tertiary/aromatic N) is 5. The topological polar surface area (TPSA) is 76.7 Å². The van der Waals surface area contributed by atoms with E-state index in [1.807, 2.05) is 0 Å². The van der Waals surface area contributed by atoms with Crippen LogP contribution in [0.1, 0.15) is 16.8 Å². The Kier molecular flexibility index (Phi) is 5.03. The van der Waals surface area contributed by atoms with E-state index in [2.05, 4.69) is 20.5 Å². The van der Waals surface area contributed by atoms with E-state index in [0.29, 0.717) is 28.9 Å². The Morgan fingerprint density at radius 2 is 1.72 bits per heavy atom. The zero-order chi connectivity index (χ0) is 21.4. The summed E-state index contributed by atoms with van der Waals surface area (Å²) >= 11 is 0. The van der Waals surface area contributed by atoms with Crippen molar-refractivity contribution in [2.45, 2.75) is 24.2 Å². The summed E-state index contributed by atoms with van der Waals surface area (Å²) in [6.07, 6.45) is -3.82. The number of pyridine rings is 1. The smallest absolute Gasteiger partial charge is 0.377 e. The average Bonchev–Trinajstić information content (AvgIpc) is 3.13. The van der Waals surface area contributed by atoms with Gasteiger partial charge in [-0.2, -0.15) is 22.0 Å². The summed E-state index contributed by atoms with van der Waals surface area (Å²) < 4.78 is 96.7. The molecule has 1 atom stereocenters. The lowest BCUT2D eigenvalue weighted by molar-refractivity contribution is -0.208. The highest BCUT2D eigenvalue weighted by Crippen LogP contribution is 2.47. The van der Waals surface area contributed by atoms with Crippen molar-refractivity contribution in [3.63, 3.8) is 0 Å². The molecule has 0 fully saturated rings. The summed E-state index contributed by atoms with van der Waals surface area (Å²) in [4.78, 5) is 3.10. The second-order valence-electron chi connectivity index (χ2n) is 6.00. The molecule has 6 nitrogen and oxygen atoms in total. The summed E-state index contributed by atoms with van der Waals surface area (Å²) in [6.45, 7) is -1.11. The summed E-state index contributed by atoms with van der Waals surface area (Å²) in [5.74, 6) is -7.03. The SMILES string of the molecule is OC(Cn1cnnn1)(c1ccc(F)cc1F)C(F)(F)c1ccc(C(F)(F)F)cn1. The number of rotatable bonds is 5. The fraction of sp³-hybridized carbons (Fsp3) is 0.250. The van der Waals surface area contributed by atoms with Crippen LogP contribution in [0.2, 0.25) is 0 Å². The minimum absolute atomic E-state index is 0.154. The van der Waals surface area contributed by atoms with Gasteiger partial charge in [0.1, 0.15) is 23.7 Å². The first-order valence-corrected chi connectivity index (χ1v) is 7.75. The highest BCUT2D eigenvalue weighted by molar-refractivity contribution is 5.31. The molecule has 1 aromatic carbocycles. The van der Waals surface area contributed by atoms with E-state index >= 15 is 8.78 Å². The van der Waals surface area contributed by atoms with Gasteiger partial charge in [0.15, 0.2) is 5.60 Å². The summed E-state index contributed by atoms with van der Waals surface area (Å²) in [6, 6.07) is 2.20. The van der Waals surface area contributed by atoms with Gasteiger partial charge in [0.25, 0.3) is 0 Å². The quantitative estimate of drug-likeness (QED) is 0.641. The van der Waals surface area contributed by atoms with Crippen molar-refractivity contribution in [2.24, 2.45) is 0 Å². The molecule has 0 aliphatic heterocycles. The fourth-order valence-corrected chi connectivity index (χ4v) is 2.62. The molecule has 0 bridgehead atoms. The zero-order valence-electron chi connectivity index (χ0n) is 14.1. The number of aromatic nitrogens is 5. The van der Waals surface area contributed by atoms with Crippen LogP contribution < -0.4 is 0 Å². The fourth-order valence-electron chi connectivity index (χ4n) is 2.62. The lowest BCUT2D eigenvalue weighted by Crippen LogP contribution is -2.48. The van der Waals surface area contributed by atoms with Crippen LogP contribution in [0.4, 0.5) is 30.7 Å². The van der Waals surface area contributed by atoms with Crippen molar-refractivity contribution in [2.75, 3.05) is 0 Å². The lowest BCUT2D eigenvalue weighted by atomic mass is 9.84. The Bertz CT molecular complexity index is 992. The van der Waals surface area contributed by atoms with Gasteiger partial charge < -0.3 is 5.11 Å². The summed E-state index contributed by atoms with van der Waals surface area (Å²) in [5, 5.41) is 20.6. The van der Waals surface area contributed by atoms with Crippen molar-refractivity contribution < 1.29 is 35.8 Å². The third-order valence-electron chi connectivity index (χ3n) is 4.09. The molecular weight excluding hydrogens is 411 g/mol. The van der Waals surface area contributed by atoms with Crippen molar-refractivity contribution in [3.05, 3.63) is 71.3 Å². The third-order valence-corrected chi connectivity index (χ3v) is 4.09. The standard InChI is InChI=1S/C16H10F7N5O/c17-10-2-3-11(12(18)5-10)14(29,7-28-8-25-26-27-28)15(19,20)13-4-1-9(6-24-13)16(21,22)23/h1-6,8,29H,7H2. The van der Waals surface area contributed by atoms with Gasteiger partial charge in [-0.25, -0.2) is 13.5 Å². The third kappa shape index (κ3) is 3.77.